The van der Waals surface area contributed by atoms with Crippen molar-refractivity contribution in [3.63, 3.8) is 0 Å². The fraction of sp³-hybridized carbons (Fsp3) is 0.886. The van der Waals surface area contributed by atoms with E-state index in [0.717, 1.165) is 25.7 Å². The first-order valence-electron chi connectivity index (χ1n) is 17.4. The molecular formula is C35H66O9Si. The van der Waals surface area contributed by atoms with E-state index in [-0.39, 0.29) is 36.7 Å². The topological polar surface area (TPSA) is 114 Å². The van der Waals surface area contributed by atoms with E-state index in [1.54, 1.807) is 0 Å². The van der Waals surface area contributed by atoms with Crippen LogP contribution in [0.3, 0.4) is 0 Å². The summed E-state index contributed by atoms with van der Waals surface area (Å²) in [6, 6.07) is 0. The lowest BCUT2D eigenvalue weighted by Gasteiger charge is -2.37. The normalized spacial score (nSPS) is 13.9. The molecule has 0 bridgehead atoms. The Morgan fingerprint density at radius 3 is 1.51 bits per heavy atom. The highest BCUT2D eigenvalue weighted by atomic mass is 28.4. The molecule has 0 aliphatic heterocycles. The molecule has 45 heavy (non-hydrogen) atoms. The Labute approximate surface area is 275 Å². The van der Waals surface area contributed by atoms with Crippen molar-refractivity contribution in [1.82, 2.24) is 0 Å². The molecule has 0 amide bonds. The van der Waals surface area contributed by atoms with Crippen LogP contribution < -0.4 is 0 Å². The minimum Gasteiger partial charge on any atom is -0.463 e. The lowest BCUT2D eigenvalue weighted by atomic mass is 10.0. The molecule has 0 aliphatic carbocycles. The third-order valence-corrected chi connectivity index (χ3v) is 13.0. The molecule has 0 unspecified atom stereocenters. The molecule has 0 radical (unpaired) electrons. The molecule has 0 aliphatic rings. The van der Waals surface area contributed by atoms with E-state index >= 15 is 0 Å². The molecule has 0 saturated heterocycles. The quantitative estimate of drug-likeness (QED) is 0.0390. The second kappa shape index (κ2) is 24.3. The van der Waals surface area contributed by atoms with Crippen LogP contribution in [0.15, 0.2) is 0 Å². The Morgan fingerprint density at radius 1 is 0.578 bits per heavy atom. The molecule has 10 heteroatoms. The third kappa shape index (κ3) is 24.0. The highest BCUT2D eigenvalue weighted by Crippen LogP contribution is 2.36. The zero-order chi connectivity index (χ0) is 34.3. The van der Waals surface area contributed by atoms with Gasteiger partial charge in [-0.3, -0.25) is 19.2 Å². The molecule has 0 aromatic heterocycles. The average molecular weight is 659 g/mol. The van der Waals surface area contributed by atoms with E-state index in [9.17, 15) is 19.2 Å². The molecule has 264 valence electrons. The van der Waals surface area contributed by atoms with Gasteiger partial charge in [0.2, 0.25) is 0 Å². The maximum atomic E-state index is 12.9. The number of hydrogen-bond acceptors (Lipinski definition) is 9. The van der Waals surface area contributed by atoms with Crippen molar-refractivity contribution in [3.8, 4) is 0 Å². The van der Waals surface area contributed by atoms with Crippen molar-refractivity contribution >= 4 is 32.2 Å². The molecule has 0 aromatic rings. The van der Waals surface area contributed by atoms with Crippen LogP contribution in [0.5, 0.6) is 0 Å². The third-order valence-electron chi connectivity index (χ3n) is 8.46. The van der Waals surface area contributed by atoms with Crippen LogP contribution >= 0.6 is 0 Å². The molecule has 0 N–H and O–H groups in total. The van der Waals surface area contributed by atoms with Crippen LogP contribution in [0.1, 0.15) is 151 Å². The van der Waals surface area contributed by atoms with Crippen LogP contribution in [0.25, 0.3) is 0 Å². The summed E-state index contributed by atoms with van der Waals surface area (Å²) >= 11 is 0. The van der Waals surface area contributed by atoms with Gasteiger partial charge in [-0.2, -0.15) is 0 Å². The summed E-state index contributed by atoms with van der Waals surface area (Å²) in [4.78, 5) is 48.0. The second-order valence-corrected chi connectivity index (χ2v) is 18.7. The van der Waals surface area contributed by atoms with Crippen LogP contribution in [-0.2, 0) is 42.6 Å². The highest BCUT2D eigenvalue weighted by molar-refractivity contribution is 6.74. The molecule has 0 heterocycles. The average Bonchev–Trinajstić information content (AvgIpc) is 2.92. The van der Waals surface area contributed by atoms with Gasteiger partial charge in [0, 0.05) is 20.8 Å². The van der Waals surface area contributed by atoms with E-state index in [4.69, 9.17) is 23.4 Å². The number of unbranched alkanes of at least 4 members (excludes halogenated alkanes) is 11. The SMILES string of the molecule is CCCCCCCCCCCCCC[C@H](CC[C@H](CC(=O)O[C@H](COC(C)=O)CO[Si](C)(C)C(C)(C)C)OC(C)=O)OC(C)=O. The van der Waals surface area contributed by atoms with E-state index in [1.165, 1.54) is 78.6 Å². The van der Waals surface area contributed by atoms with Crippen LogP contribution in [0.4, 0.5) is 0 Å². The zero-order valence-corrected chi connectivity index (χ0v) is 31.1. The number of hydrogen-bond donors (Lipinski definition) is 0. The van der Waals surface area contributed by atoms with Gasteiger partial charge in [-0.05, 0) is 43.8 Å². The number of rotatable bonds is 26. The summed E-state index contributed by atoms with van der Waals surface area (Å²) in [6.07, 6.45) is 14.5. The Balaban J connectivity index is 4.87. The van der Waals surface area contributed by atoms with Crippen molar-refractivity contribution in [2.75, 3.05) is 13.2 Å². The number of carbonyl (C=O) groups is 4. The molecule has 3 atom stereocenters. The van der Waals surface area contributed by atoms with Gasteiger partial charge >= 0.3 is 23.9 Å². The number of ether oxygens (including phenoxy) is 4. The summed E-state index contributed by atoms with van der Waals surface area (Å²) < 4.78 is 28.0. The Bertz CT molecular complexity index is 837. The summed E-state index contributed by atoms with van der Waals surface area (Å²) in [7, 11) is -2.14. The standard InChI is InChI=1S/C35H66O9Si/c1-10-11-12-13-14-15-16-17-18-19-20-21-22-31(42-29(3)37)23-24-32(43-30(4)38)25-34(39)44-33(26-40-28(2)36)27-41-45(8,9)35(5,6)7/h31-33H,10-27H2,1-9H3/t31-,32-,33-/m1/s1. The largest absolute Gasteiger partial charge is 0.463 e. The highest BCUT2D eigenvalue weighted by Gasteiger charge is 2.38. The van der Waals surface area contributed by atoms with Gasteiger partial charge in [-0.1, -0.05) is 98.3 Å². The fourth-order valence-corrected chi connectivity index (χ4v) is 5.82. The smallest absolute Gasteiger partial charge is 0.310 e. The van der Waals surface area contributed by atoms with Gasteiger partial charge in [0.1, 0.15) is 18.8 Å². The molecule has 0 rings (SSSR count). The van der Waals surface area contributed by atoms with E-state index in [2.05, 4.69) is 40.8 Å². The van der Waals surface area contributed by atoms with Gasteiger partial charge in [-0.15, -0.1) is 0 Å². The first kappa shape index (κ1) is 43.1. The van der Waals surface area contributed by atoms with Gasteiger partial charge in [0.05, 0.1) is 13.0 Å². The first-order chi connectivity index (χ1) is 21.1. The number of esters is 4. The van der Waals surface area contributed by atoms with E-state index in [0.29, 0.717) is 12.8 Å². The molecule has 0 fully saturated rings. The Kier molecular flexibility index (Phi) is 23.2. The monoisotopic (exact) mass is 658 g/mol. The van der Waals surface area contributed by atoms with Crippen molar-refractivity contribution in [2.45, 2.75) is 188 Å². The van der Waals surface area contributed by atoms with Gasteiger partial charge in [0.25, 0.3) is 0 Å². The van der Waals surface area contributed by atoms with Gasteiger partial charge < -0.3 is 23.4 Å². The van der Waals surface area contributed by atoms with Crippen LogP contribution in [-0.4, -0.2) is 63.7 Å². The summed E-state index contributed by atoms with van der Waals surface area (Å²) in [5, 5.41) is -0.0465. The maximum Gasteiger partial charge on any atom is 0.310 e. The molecule has 0 aromatic carbocycles. The lowest BCUT2D eigenvalue weighted by molar-refractivity contribution is -0.165. The predicted molar refractivity (Wildman–Crippen MR) is 180 cm³/mol. The van der Waals surface area contributed by atoms with E-state index in [1.807, 2.05) is 0 Å². The Morgan fingerprint density at radius 2 is 1.04 bits per heavy atom. The van der Waals surface area contributed by atoms with Gasteiger partial charge in [0.15, 0.2) is 14.4 Å². The van der Waals surface area contributed by atoms with Crippen molar-refractivity contribution < 1.29 is 42.6 Å². The van der Waals surface area contributed by atoms with Crippen molar-refractivity contribution in [1.29, 1.82) is 0 Å². The molecule has 0 spiro atoms. The minimum absolute atomic E-state index is 0.0465. The summed E-state index contributed by atoms with van der Waals surface area (Å²) in [5.74, 6) is -1.92. The number of carbonyl (C=O) groups excluding carboxylic acids is 4. The van der Waals surface area contributed by atoms with Crippen molar-refractivity contribution in [3.05, 3.63) is 0 Å². The maximum absolute atomic E-state index is 12.9. The summed E-state index contributed by atoms with van der Waals surface area (Å²) in [5.41, 5.74) is 0. The second-order valence-electron chi connectivity index (χ2n) is 13.9. The van der Waals surface area contributed by atoms with Crippen molar-refractivity contribution in [2.24, 2.45) is 0 Å². The van der Waals surface area contributed by atoms with Crippen LogP contribution in [0, 0.1) is 0 Å². The molecule has 0 saturated carbocycles. The first-order valence-corrected chi connectivity index (χ1v) is 20.3. The summed E-state index contributed by atoms with van der Waals surface area (Å²) in [6.45, 7) is 16.7. The van der Waals surface area contributed by atoms with Crippen LogP contribution in [0.2, 0.25) is 18.1 Å². The Hall–Kier alpha value is -1.94. The lowest BCUT2D eigenvalue weighted by Crippen LogP contribution is -2.44. The minimum atomic E-state index is -2.14. The molecular weight excluding hydrogens is 592 g/mol. The predicted octanol–water partition coefficient (Wildman–Crippen LogP) is 8.61. The van der Waals surface area contributed by atoms with E-state index < -0.39 is 38.4 Å². The zero-order valence-electron chi connectivity index (χ0n) is 30.1. The van der Waals surface area contributed by atoms with Gasteiger partial charge in [-0.25, -0.2) is 0 Å². The molecule has 9 nitrogen and oxygen atoms in total. The fourth-order valence-electron chi connectivity index (χ4n) is 4.78.